The maximum absolute atomic E-state index is 12.2. The minimum atomic E-state index is -0.511. The van der Waals surface area contributed by atoms with Gasteiger partial charge in [0.2, 0.25) is 6.41 Å². The Labute approximate surface area is 279 Å². The fourth-order valence-corrected chi connectivity index (χ4v) is 4.67. The van der Waals surface area contributed by atoms with Crippen molar-refractivity contribution in [2.75, 3.05) is 32.7 Å². The number of para-hydroxylation sites is 1. The summed E-state index contributed by atoms with van der Waals surface area (Å²) in [6.07, 6.45) is 10.8. The molecule has 1 saturated heterocycles. The van der Waals surface area contributed by atoms with Crippen molar-refractivity contribution >= 4 is 18.2 Å². The number of esters is 1. The minimum absolute atomic E-state index is 0.198. The molecule has 2 atom stereocenters. The first kappa shape index (κ1) is 38.3. The van der Waals surface area contributed by atoms with Crippen molar-refractivity contribution in [3.05, 3.63) is 102 Å². The normalized spacial score (nSPS) is 14.9. The highest BCUT2D eigenvalue weighted by molar-refractivity contribution is 5.90. The van der Waals surface area contributed by atoms with E-state index in [1.807, 2.05) is 118 Å². The molecule has 9 heteroatoms. The Morgan fingerprint density at radius 2 is 1.57 bits per heavy atom. The van der Waals surface area contributed by atoms with Crippen molar-refractivity contribution in [1.29, 1.82) is 0 Å². The van der Waals surface area contributed by atoms with E-state index in [9.17, 15) is 9.59 Å². The van der Waals surface area contributed by atoms with Crippen LogP contribution in [0.5, 0.6) is 0 Å². The van der Waals surface area contributed by atoms with Crippen LogP contribution in [0.2, 0.25) is 0 Å². The van der Waals surface area contributed by atoms with Crippen molar-refractivity contribution in [3.63, 3.8) is 0 Å². The van der Waals surface area contributed by atoms with Crippen LogP contribution in [0.25, 0.3) is 16.9 Å². The highest BCUT2D eigenvalue weighted by Crippen LogP contribution is 2.30. The molecular weight excluding hydrogens is 592 g/mol. The molecule has 0 spiro atoms. The third-order valence-electron chi connectivity index (χ3n) is 6.85. The zero-order valence-electron chi connectivity index (χ0n) is 28.3. The third-order valence-corrected chi connectivity index (χ3v) is 6.85. The molecule has 250 valence electrons. The summed E-state index contributed by atoms with van der Waals surface area (Å²) >= 11 is 0. The summed E-state index contributed by atoms with van der Waals surface area (Å²) in [7, 11) is 3.56. The Morgan fingerprint density at radius 1 is 1.00 bits per heavy atom. The van der Waals surface area contributed by atoms with E-state index < -0.39 is 5.60 Å². The first-order chi connectivity index (χ1) is 22.7. The van der Waals surface area contributed by atoms with E-state index in [2.05, 4.69) is 23.5 Å². The lowest BCUT2D eigenvalue weighted by molar-refractivity contribution is -0.110. The van der Waals surface area contributed by atoms with Gasteiger partial charge in [-0.25, -0.2) is 9.48 Å². The fraction of sp³-hybridized carbons (Fsp3) is 0.342. The van der Waals surface area contributed by atoms with Crippen LogP contribution in [0.3, 0.4) is 0 Å². The molecule has 1 aliphatic heterocycles. The zero-order chi connectivity index (χ0) is 34.7. The Morgan fingerprint density at radius 3 is 2.09 bits per heavy atom. The van der Waals surface area contributed by atoms with Gasteiger partial charge in [0.15, 0.2) is 0 Å². The van der Waals surface area contributed by atoms with Crippen molar-refractivity contribution < 1.29 is 23.8 Å². The summed E-state index contributed by atoms with van der Waals surface area (Å²) in [6.45, 7) is 8.97. The molecule has 0 aliphatic carbocycles. The van der Waals surface area contributed by atoms with Crippen LogP contribution in [0.4, 0.5) is 5.82 Å². The van der Waals surface area contributed by atoms with E-state index >= 15 is 0 Å². The summed E-state index contributed by atoms with van der Waals surface area (Å²) in [6, 6.07) is 29.6. The van der Waals surface area contributed by atoms with Gasteiger partial charge in [-0.3, -0.25) is 4.79 Å². The molecule has 1 amide bonds. The highest BCUT2D eigenvalue weighted by Gasteiger charge is 2.24. The predicted octanol–water partition coefficient (Wildman–Crippen LogP) is 6.71. The number of terminal acetylenes is 1. The van der Waals surface area contributed by atoms with Gasteiger partial charge >= 0.3 is 5.97 Å². The molecule has 2 N–H and O–H groups in total. The van der Waals surface area contributed by atoms with E-state index in [4.69, 9.17) is 19.3 Å². The standard InChI is InChI=1S/C22H25N3O2.C8H15NO3.C6H6.C2H2/c1-15-19(24-25(20(15)23-5)18-9-7-6-8-10-18)16-11-13-17(14-12-16)21(26)27-22(2,3)4;1-11-3-2-8-4-7(5-12-8)9-6-10;1-2-4-6-5-3-1;1-2/h6-14,23H,1-5H3;6-8H,2-5H2,1H3,(H,9,10);1-6H;1-2H. The van der Waals surface area contributed by atoms with Crippen molar-refractivity contribution in [3.8, 4) is 29.8 Å². The smallest absolute Gasteiger partial charge is 0.338 e. The second-order valence-corrected chi connectivity index (χ2v) is 11.5. The molecule has 2 heterocycles. The number of methoxy groups -OCH3 is 1. The molecule has 1 aromatic heterocycles. The molecule has 1 fully saturated rings. The van der Waals surface area contributed by atoms with Gasteiger partial charge in [-0.1, -0.05) is 66.7 Å². The quantitative estimate of drug-likeness (QED) is 0.119. The van der Waals surface area contributed by atoms with E-state index in [-0.39, 0.29) is 18.1 Å². The van der Waals surface area contributed by atoms with Crippen LogP contribution in [-0.2, 0) is 19.0 Å². The van der Waals surface area contributed by atoms with Crippen LogP contribution in [0.15, 0.2) is 91.0 Å². The van der Waals surface area contributed by atoms with Gasteiger partial charge < -0.3 is 24.8 Å². The van der Waals surface area contributed by atoms with Gasteiger partial charge in [0, 0.05) is 31.9 Å². The second kappa shape index (κ2) is 20.3. The first-order valence-electron chi connectivity index (χ1n) is 15.5. The number of anilines is 1. The van der Waals surface area contributed by atoms with Gasteiger partial charge in [0.1, 0.15) is 11.4 Å². The van der Waals surface area contributed by atoms with Crippen molar-refractivity contribution in [2.24, 2.45) is 0 Å². The van der Waals surface area contributed by atoms with Crippen LogP contribution in [-0.4, -0.2) is 67.3 Å². The number of benzene rings is 3. The number of nitrogens with zero attached hydrogens (tertiary/aromatic N) is 2. The van der Waals surface area contributed by atoms with E-state index in [0.717, 1.165) is 54.2 Å². The van der Waals surface area contributed by atoms with E-state index in [1.54, 1.807) is 19.2 Å². The summed E-state index contributed by atoms with van der Waals surface area (Å²) in [5, 5.41) is 10.7. The Hall–Kier alpha value is -4.91. The van der Waals surface area contributed by atoms with Crippen LogP contribution >= 0.6 is 0 Å². The van der Waals surface area contributed by atoms with Gasteiger partial charge in [-0.15, -0.1) is 12.8 Å². The average Bonchev–Trinajstić information content (AvgIpc) is 3.69. The number of rotatable bonds is 9. The molecule has 4 aromatic rings. The number of hydrogen-bond acceptors (Lipinski definition) is 7. The number of carbonyl (C=O) groups excluding carboxylic acids is 2. The number of nitrogens with one attached hydrogen (secondary N) is 2. The fourth-order valence-electron chi connectivity index (χ4n) is 4.67. The summed E-state index contributed by atoms with van der Waals surface area (Å²) in [4.78, 5) is 22.3. The molecule has 2 unspecified atom stereocenters. The predicted molar refractivity (Wildman–Crippen MR) is 189 cm³/mol. The Bertz CT molecular complexity index is 1450. The van der Waals surface area contributed by atoms with Crippen molar-refractivity contribution in [1.82, 2.24) is 15.1 Å². The zero-order valence-corrected chi connectivity index (χ0v) is 28.3. The topological polar surface area (TPSA) is 104 Å². The van der Waals surface area contributed by atoms with Crippen LogP contribution < -0.4 is 10.6 Å². The van der Waals surface area contributed by atoms with Gasteiger partial charge in [0.05, 0.1) is 35.7 Å². The summed E-state index contributed by atoms with van der Waals surface area (Å²) < 4.78 is 17.7. The van der Waals surface area contributed by atoms with E-state index in [1.165, 1.54) is 0 Å². The summed E-state index contributed by atoms with van der Waals surface area (Å²) in [5.41, 5.74) is 3.88. The third kappa shape index (κ3) is 12.8. The summed E-state index contributed by atoms with van der Waals surface area (Å²) in [5.74, 6) is 0.615. The number of hydrogen-bond donors (Lipinski definition) is 2. The van der Waals surface area contributed by atoms with Crippen LogP contribution in [0.1, 0.15) is 49.5 Å². The molecule has 9 nitrogen and oxygen atoms in total. The molecule has 1 aliphatic rings. The highest BCUT2D eigenvalue weighted by atomic mass is 16.6. The largest absolute Gasteiger partial charge is 0.456 e. The average molecular weight is 641 g/mol. The van der Waals surface area contributed by atoms with E-state index in [0.29, 0.717) is 12.2 Å². The van der Waals surface area contributed by atoms with Crippen molar-refractivity contribution in [2.45, 2.75) is 58.3 Å². The van der Waals surface area contributed by atoms with Gasteiger partial charge in [0.25, 0.3) is 0 Å². The maximum atomic E-state index is 12.2. The Balaban J connectivity index is 0.000000314. The molecule has 5 rings (SSSR count). The monoisotopic (exact) mass is 640 g/mol. The first-order valence-corrected chi connectivity index (χ1v) is 15.5. The SMILES string of the molecule is C#C.CNc1c(C)c(-c2ccc(C(=O)OC(C)(C)C)cc2)nn1-c1ccccc1.COCCC1CC(NC=O)CO1.c1ccccc1. The second-order valence-electron chi connectivity index (χ2n) is 11.5. The molecule has 0 bridgehead atoms. The maximum Gasteiger partial charge on any atom is 0.338 e. The van der Waals surface area contributed by atoms with Gasteiger partial charge in [-0.05, 0) is 64.8 Å². The minimum Gasteiger partial charge on any atom is -0.456 e. The lowest BCUT2D eigenvalue weighted by atomic mass is 10.1. The molecule has 0 saturated carbocycles. The molecular formula is C38H48N4O5. The number of amides is 1. The molecule has 0 radical (unpaired) electrons. The van der Waals surface area contributed by atoms with Gasteiger partial charge in [-0.2, -0.15) is 5.10 Å². The molecule has 3 aromatic carbocycles. The lowest BCUT2D eigenvalue weighted by Gasteiger charge is -2.19. The number of ether oxygens (including phenoxy) is 3. The number of carbonyl (C=O) groups is 2. The lowest BCUT2D eigenvalue weighted by Crippen LogP contribution is -2.27. The molecule has 47 heavy (non-hydrogen) atoms. The Kier molecular flexibility index (Phi) is 16.5. The van der Waals surface area contributed by atoms with Crippen LogP contribution in [0, 0.1) is 19.8 Å². The number of aromatic nitrogens is 2.